The Morgan fingerprint density at radius 1 is 0.655 bits per heavy atom. The van der Waals surface area contributed by atoms with Crippen LogP contribution in [0.15, 0.2) is 95.5 Å². The fourth-order valence-electron chi connectivity index (χ4n) is 5.44. The minimum atomic E-state index is -0.397. The highest BCUT2D eigenvalue weighted by atomic mass is 79.9. The molecule has 0 fully saturated rings. The van der Waals surface area contributed by atoms with Gasteiger partial charge in [0.25, 0.3) is 0 Å². The van der Waals surface area contributed by atoms with Crippen LogP contribution in [-0.4, -0.2) is 9.55 Å². The number of halogens is 1. The van der Waals surface area contributed by atoms with E-state index in [2.05, 4.69) is 111 Å². The van der Waals surface area contributed by atoms with Gasteiger partial charge in [0.2, 0.25) is 0 Å². The van der Waals surface area contributed by atoms with E-state index in [0.29, 0.717) is 0 Å². The van der Waals surface area contributed by atoms with Crippen LogP contribution in [0.3, 0.4) is 0 Å². The molecule has 7 rings (SSSR count). The summed E-state index contributed by atoms with van der Waals surface area (Å²) in [7, 11) is 0. The SMILES string of the molecule is Brc1cccc2c1-n1c(nc3ccccc31)C21c2ccccc2-c2ccccc21. The monoisotopic (exact) mass is 434 g/mol. The van der Waals surface area contributed by atoms with Crippen LogP contribution in [0.5, 0.6) is 0 Å². The molecule has 0 atom stereocenters. The van der Waals surface area contributed by atoms with Crippen LogP contribution in [0.4, 0.5) is 0 Å². The van der Waals surface area contributed by atoms with E-state index in [1.54, 1.807) is 0 Å². The van der Waals surface area contributed by atoms with E-state index in [1.165, 1.54) is 33.5 Å². The summed E-state index contributed by atoms with van der Waals surface area (Å²) in [5, 5.41) is 0. The first-order valence-corrected chi connectivity index (χ1v) is 10.6. The zero-order valence-electron chi connectivity index (χ0n) is 15.4. The summed E-state index contributed by atoms with van der Waals surface area (Å²) in [6, 6.07) is 32.6. The van der Waals surface area contributed by atoms with Gasteiger partial charge in [-0.2, -0.15) is 0 Å². The van der Waals surface area contributed by atoms with Crippen LogP contribution >= 0.6 is 15.9 Å². The van der Waals surface area contributed by atoms with Gasteiger partial charge in [-0.3, -0.25) is 4.57 Å². The summed E-state index contributed by atoms with van der Waals surface area (Å²) in [5.41, 5.74) is 9.50. The Kier molecular flexibility index (Phi) is 2.84. The number of imidazole rings is 1. The second-order valence-electron chi connectivity index (χ2n) is 7.74. The molecule has 0 amide bonds. The summed E-state index contributed by atoms with van der Waals surface area (Å²) in [6.07, 6.45) is 0. The normalized spacial score (nSPS) is 14.7. The molecule has 29 heavy (non-hydrogen) atoms. The first-order valence-electron chi connectivity index (χ1n) is 9.78. The fraction of sp³-hybridized carbons (Fsp3) is 0.0385. The average Bonchev–Trinajstić information content (AvgIpc) is 3.37. The maximum atomic E-state index is 5.22. The first-order chi connectivity index (χ1) is 14.3. The van der Waals surface area contributed by atoms with Gasteiger partial charge < -0.3 is 0 Å². The number of hydrogen-bond acceptors (Lipinski definition) is 1. The Morgan fingerprint density at radius 2 is 1.28 bits per heavy atom. The third-order valence-corrected chi connectivity index (χ3v) is 7.10. The number of fused-ring (bicyclic) bond motifs is 12. The highest BCUT2D eigenvalue weighted by Crippen LogP contribution is 2.61. The van der Waals surface area contributed by atoms with Crippen molar-refractivity contribution in [2.75, 3.05) is 0 Å². The lowest BCUT2D eigenvalue weighted by Gasteiger charge is -2.27. The van der Waals surface area contributed by atoms with Crippen molar-refractivity contribution in [2.24, 2.45) is 0 Å². The van der Waals surface area contributed by atoms with Crippen LogP contribution in [0.2, 0.25) is 0 Å². The number of nitrogens with zero attached hydrogens (tertiary/aromatic N) is 2. The Morgan fingerprint density at radius 3 is 2.03 bits per heavy atom. The van der Waals surface area contributed by atoms with Gasteiger partial charge >= 0.3 is 0 Å². The number of rotatable bonds is 0. The molecule has 0 radical (unpaired) electrons. The minimum absolute atomic E-state index is 0.397. The largest absolute Gasteiger partial charge is 0.293 e. The quantitative estimate of drug-likeness (QED) is 0.267. The highest BCUT2D eigenvalue weighted by molar-refractivity contribution is 9.10. The lowest BCUT2D eigenvalue weighted by atomic mass is 9.73. The molecule has 136 valence electrons. The van der Waals surface area contributed by atoms with Crippen LogP contribution in [0.1, 0.15) is 22.5 Å². The van der Waals surface area contributed by atoms with Gasteiger partial charge in [-0.1, -0.05) is 72.8 Å². The molecule has 3 heteroatoms. The van der Waals surface area contributed by atoms with Crippen molar-refractivity contribution >= 4 is 27.0 Å². The molecule has 5 aromatic rings. The van der Waals surface area contributed by atoms with Crippen molar-refractivity contribution < 1.29 is 0 Å². The van der Waals surface area contributed by atoms with Crippen molar-refractivity contribution in [1.29, 1.82) is 0 Å². The van der Waals surface area contributed by atoms with Crippen molar-refractivity contribution in [2.45, 2.75) is 5.41 Å². The smallest absolute Gasteiger partial charge is 0.134 e. The molecule has 0 bridgehead atoms. The maximum Gasteiger partial charge on any atom is 0.134 e. The third-order valence-electron chi connectivity index (χ3n) is 6.46. The van der Waals surface area contributed by atoms with Gasteiger partial charge in [0.1, 0.15) is 11.2 Å². The van der Waals surface area contributed by atoms with Crippen LogP contribution < -0.4 is 0 Å². The molecule has 2 heterocycles. The summed E-state index contributed by atoms with van der Waals surface area (Å²) in [6.45, 7) is 0. The maximum absolute atomic E-state index is 5.22. The summed E-state index contributed by atoms with van der Waals surface area (Å²) in [5.74, 6) is 1.08. The number of hydrogen-bond donors (Lipinski definition) is 0. The molecule has 0 unspecified atom stereocenters. The predicted molar refractivity (Wildman–Crippen MR) is 120 cm³/mol. The van der Waals surface area contributed by atoms with E-state index in [-0.39, 0.29) is 0 Å². The molecular weight excluding hydrogens is 420 g/mol. The summed E-state index contributed by atoms with van der Waals surface area (Å²) >= 11 is 3.85. The van der Waals surface area contributed by atoms with E-state index in [9.17, 15) is 0 Å². The Bertz CT molecular complexity index is 1430. The Labute approximate surface area is 176 Å². The number of benzene rings is 4. The highest BCUT2D eigenvalue weighted by Gasteiger charge is 2.54. The molecule has 2 nitrogen and oxygen atoms in total. The van der Waals surface area contributed by atoms with Crippen molar-refractivity contribution in [3.8, 4) is 16.8 Å². The molecular formula is C26H15BrN2. The second-order valence-corrected chi connectivity index (χ2v) is 8.59. The molecule has 1 spiro atoms. The lowest BCUT2D eigenvalue weighted by Crippen LogP contribution is -2.27. The molecule has 1 aliphatic heterocycles. The van der Waals surface area contributed by atoms with E-state index < -0.39 is 5.41 Å². The van der Waals surface area contributed by atoms with Crippen LogP contribution in [-0.2, 0) is 5.41 Å². The zero-order valence-corrected chi connectivity index (χ0v) is 17.0. The standard InChI is InChI=1S/C26H15BrN2/c27-21-13-7-12-20-24(21)29-23-15-6-5-14-22(23)28-25(29)26(20)18-10-3-1-8-16(18)17-9-2-4-11-19(17)26/h1-15H. The third kappa shape index (κ3) is 1.68. The van der Waals surface area contributed by atoms with Crippen molar-refractivity contribution in [1.82, 2.24) is 9.55 Å². The molecule has 0 saturated carbocycles. The molecule has 0 N–H and O–H groups in total. The molecule has 2 aliphatic rings. The first kappa shape index (κ1) is 15.7. The lowest BCUT2D eigenvalue weighted by molar-refractivity contribution is 0.738. The van der Waals surface area contributed by atoms with Gasteiger partial charge in [-0.05, 0) is 61.9 Å². The molecule has 4 aromatic carbocycles. The fourth-order valence-corrected chi connectivity index (χ4v) is 5.98. The summed E-state index contributed by atoms with van der Waals surface area (Å²) < 4.78 is 3.45. The van der Waals surface area contributed by atoms with Gasteiger partial charge in [0, 0.05) is 4.47 Å². The average molecular weight is 435 g/mol. The van der Waals surface area contributed by atoms with Crippen LogP contribution in [0.25, 0.3) is 27.8 Å². The number of aromatic nitrogens is 2. The molecule has 0 saturated heterocycles. The van der Waals surface area contributed by atoms with Crippen LogP contribution in [0, 0.1) is 0 Å². The van der Waals surface area contributed by atoms with E-state index in [1.807, 2.05) is 0 Å². The van der Waals surface area contributed by atoms with E-state index >= 15 is 0 Å². The van der Waals surface area contributed by atoms with Gasteiger partial charge in [-0.25, -0.2) is 4.98 Å². The van der Waals surface area contributed by atoms with Gasteiger partial charge in [0.05, 0.1) is 16.7 Å². The van der Waals surface area contributed by atoms with Crippen molar-refractivity contribution in [3.63, 3.8) is 0 Å². The number of para-hydroxylation sites is 3. The van der Waals surface area contributed by atoms with Gasteiger partial charge in [0.15, 0.2) is 0 Å². The minimum Gasteiger partial charge on any atom is -0.293 e. The zero-order chi connectivity index (χ0) is 19.2. The summed E-state index contributed by atoms with van der Waals surface area (Å²) in [4.78, 5) is 5.22. The van der Waals surface area contributed by atoms with E-state index in [4.69, 9.17) is 4.98 Å². The topological polar surface area (TPSA) is 17.8 Å². The van der Waals surface area contributed by atoms with Crippen molar-refractivity contribution in [3.05, 3.63) is 118 Å². The molecule has 1 aromatic heterocycles. The Balaban J connectivity index is 1.78. The predicted octanol–water partition coefficient (Wildman–Crippen LogP) is 6.46. The molecule has 1 aliphatic carbocycles. The Hall–Kier alpha value is -3.17. The van der Waals surface area contributed by atoms with Gasteiger partial charge in [-0.15, -0.1) is 0 Å². The second kappa shape index (κ2) is 5.25. The van der Waals surface area contributed by atoms with E-state index in [0.717, 1.165) is 21.3 Å².